The Kier molecular flexibility index (Phi) is 8.11. The number of alkyl halides is 3. The summed E-state index contributed by atoms with van der Waals surface area (Å²) in [6.45, 7) is -0.237. The van der Waals surface area contributed by atoms with E-state index in [9.17, 15) is 34.8 Å². The van der Waals surface area contributed by atoms with E-state index in [1.165, 1.54) is 30.3 Å². The van der Waals surface area contributed by atoms with Gasteiger partial charge in [0, 0.05) is 24.2 Å². The molecule has 0 aromatic heterocycles. The molecule has 0 aliphatic carbocycles. The van der Waals surface area contributed by atoms with Gasteiger partial charge in [-0.05, 0) is 66.4 Å². The third-order valence-electron chi connectivity index (χ3n) is 6.23. The van der Waals surface area contributed by atoms with Crippen LogP contribution in [0.2, 0.25) is 5.02 Å². The highest BCUT2D eigenvalue weighted by atomic mass is 35.5. The highest BCUT2D eigenvalue weighted by Gasteiger charge is 2.39. The van der Waals surface area contributed by atoms with Gasteiger partial charge in [0.15, 0.2) is 0 Å². The standard InChI is InChI=1S/C25H22ClF3N2O6S2/c26-19-5-1-3-16(13-19)17-7-8-23(22(15-17)25(27,28)29)38(34,35)30-20-9-11-31(12-10-20)39(36,37)21-6-2-4-18(14-21)24(32)33/h1-8,13-15,20,30H,9-12H2,(H,32,33). The molecule has 14 heteroatoms. The normalized spacial score (nSPS) is 15.8. The van der Waals surface area contributed by atoms with Crippen LogP contribution in [0.4, 0.5) is 13.2 Å². The summed E-state index contributed by atoms with van der Waals surface area (Å²) in [5.74, 6) is -1.29. The van der Waals surface area contributed by atoms with Crippen LogP contribution < -0.4 is 4.72 Å². The maximum absolute atomic E-state index is 13.9. The summed E-state index contributed by atoms with van der Waals surface area (Å²) in [7, 11) is -8.69. The van der Waals surface area contributed by atoms with E-state index in [-0.39, 0.29) is 42.0 Å². The molecule has 208 valence electrons. The van der Waals surface area contributed by atoms with E-state index in [0.717, 1.165) is 22.5 Å². The van der Waals surface area contributed by atoms with Gasteiger partial charge in [-0.3, -0.25) is 0 Å². The van der Waals surface area contributed by atoms with Crippen molar-refractivity contribution in [3.8, 4) is 11.1 Å². The molecule has 0 radical (unpaired) electrons. The fraction of sp³-hybridized carbons (Fsp3) is 0.240. The molecular weight excluding hydrogens is 581 g/mol. The molecule has 0 unspecified atom stereocenters. The summed E-state index contributed by atoms with van der Waals surface area (Å²) in [4.78, 5) is 10.0. The lowest BCUT2D eigenvalue weighted by Crippen LogP contribution is -2.46. The Morgan fingerprint density at radius 2 is 1.56 bits per heavy atom. The fourth-order valence-corrected chi connectivity index (χ4v) is 7.49. The molecule has 1 aliphatic rings. The molecule has 1 saturated heterocycles. The number of rotatable bonds is 7. The third kappa shape index (κ3) is 6.44. The monoisotopic (exact) mass is 602 g/mol. The molecule has 1 heterocycles. The predicted molar refractivity (Wildman–Crippen MR) is 137 cm³/mol. The molecule has 4 rings (SSSR count). The maximum atomic E-state index is 13.9. The Balaban J connectivity index is 1.53. The second-order valence-electron chi connectivity index (χ2n) is 8.85. The first-order valence-electron chi connectivity index (χ1n) is 11.5. The molecule has 0 spiro atoms. The van der Waals surface area contributed by atoms with Crippen LogP contribution in [0.3, 0.4) is 0 Å². The quantitative estimate of drug-likeness (QED) is 0.399. The average Bonchev–Trinajstić information content (AvgIpc) is 2.88. The van der Waals surface area contributed by atoms with Gasteiger partial charge in [-0.25, -0.2) is 26.4 Å². The van der Waals surface area contributed by atoms with Gasteiger partial charge in [0.05, 0.1) is 20.9 Å². The van der Waals surface area contributed by atoms with Gasteiger partial charge in [0.1, 0.15) is 0 Å². The van der Waals surface area contributed by atoms with Crippen LogP contribution in [-0.2, 0) is 26.2 Å². The predicted octanol–water partition coefficient (Wildman–Crippen LogP) is 4.86. The molecular formula is C25H22ClF3N2O6S2. The molecule has 1 fully saturated rings. The van der Waals surface area contributed by atoms with Crippen molar-refractivity contribution in [1.29, 1.82) is 0 Å². The Bertz CT molecular complexity index is 1620. The van der Waals surface area contributed by atoms with Crippen LogP contribution in [-0.4, -0.2) is 51.3 Å². The van der Waals surface area contributed by atoms with Crippen LogP contribution >= 0.6 is 11.6 Å². The van der Waals surface area contributed by atoms with Crippen molar-refractivity contribution in [2.75, 3.05) is 13.1 Å². The Labute approximate surface area is 228 Å². The van der Waals surface area contributed by atoms with Crippen molar-refractivity contribution in [3.63, 3.8) is 0 Å². The first-order chi connectivity index (χ1) is 18.2. The van der Waals surface area contributed by atoms with E-state index in [0.29, 0.717) is 10.6 Å². The number of carboxylic acids is 1. The number of benzene rings is 3. The molecule has 0 amide bonds. The highest BCUT2D eigenvalue weighted by Crippen LogP contribution is 2.37. The van der Waals surface area contributed by atoms with E-state index in [2.05, 4.69) is 4.72 Å². The van der Waals surface area contributed by atoms with Crippen molar-refractivity contribution in [2.24, 2.45) is 0 Å². The van der Waals surface area contributed by atoms with Crippen molar-refractivity contribution >= 4 is 37.6 Å². The van der Waals surface area contributed by atoms with E-state index < -0.39 is 48.7 Å². The highest BCUT2D eigenvalue weighted by molar-refractivity contribution is 7.89. The number of halogens is 4. The molecule has 3 aromatic carbocycles. The zero-order valence-electron chi connectivity index (χ0n) is 20.0. The van der Waals surface area contributed by atoms with Gasteiger partial charge < -0.3 is 5.11 Å². The summed E-state index contributed by atoms with van der Waals surface area (Å²) in [6, 6.07) is 13.0. The minimum atomic E-state index is -4.97. The van der Waals surface area contributed by atoms with E-state index in [4.69, 9.17) is 16.7 Å². The number of sulfonamides is 2. The summed E-state index contributed by atoms with van der Waals surface area (Å²) < 4.78 is 97.2. The Hall–Kier alpha value is -2.97. The summed E-state index contributed by atoms with van der Waals surface area (Å²) in [5.41, 5.74) is -1.03. The molecule has 8 nitrogen and oxygen atoms in total. The number of nitrogens with one attached hydrogen (secondary N) is 1. The lowest BCUT2D eigenvalue weighted by Gasteiger charge is -2.31. The molecule has 2 N–H and O–H groups in total. The molecule has 1 aliphatic heterocycles. The minimum absolute atomic E-state index is 0.000962. The van der Waals surface area contributed by atoms with Gasteiger partial charge >= 0.3 is 12.1 Å². The van der Waals surface area contributed by atoms with Crippen LogP contribution in [0.1, 0.15) is 28.8 Å². The fourth-order valence-electron chi connectivity index (χ4n) is 4.27. The van der Waals surface area contributed by atoms with Crippen LogP contribution in [0.5, 0.6) is 0 Å². The molecule has 39 heavy (non-hydrogen) atoms. The Morgan fingerprint density at radius 3 is 2.18 bits per heavy atom. The number of carboxylic acid groups (broad SMARTS) is 1. The second-order valence-corrected chi connectivity index (χ2v) is 12.9. The van der Waals surface area contributed by atoms with Gasteiger partial charge in [0.2, 0.25) is 20.0 Å². The number of carbonyl (C=O) groups is 1. The first kappa shape index (κ1) is 29.0. The van der Waals surface area contributed by atoms with Gasteiger partial charge in [-0.1, -0.05) is 35.9 Å². The van der Waals surface area contributed by atoms with Crippen LogP contribution in [0, 0.1) is 0 Å². The zero-order chi connectivity index (χ0) is 28.6. The van der Waals surface area contributed by atoms with Gasteiger partial charge in [-0.15, -0.1) is 0 Å². The molecule has 0 saturated carbocycles. The smallest absolute Gasteiger partial charge is 0.417 e. The summed E-state index contributed by atoms with van der Waals surface area (Å²) in [5, 5.41) is 9.43. The van der Waals surface area contributed by atoms with E-state index in [1.54, 1.807) is 18.2 Å². The summed E-state index contributed by atoms with van der Waals surface area (Å²) >= 11 is 5.94. The van der Waals surface area contributed by atoms with Crippen LogP contribution in [0.25, 0.3) is 11.1 Å². The topological polar surface area (TPSA) is 121 Å². The van der Waals surface area contributed by atoms with Crippen molar-refractivity contribution in [2.45, 2.75) is 34.9 Å². The van der Waals surface area contributed by atoms with Crippen LogP contribution in [0.15, 0.2) is 76.5 Å². The second kappa shape index (κ2) is 10.9. The van der Waals surface area contributed by atoms with Gasteiger partial charge in [0.25, 0.3) is 0 Å². The average molecular weight is 603 g/mol. The minimum Gasteiger partial charge on any atom is -0.478 e. The summed E-state index contributed by atoms with van der Waals surface area (Å²) in [6.07, 6.45) is -4.97. The third-order valence-corrected chi connectivity index (χ3v) is 9.94. The zero-order valence-corrected chi connectivity index (χ0v) is 22.4. The number of aromatic carboxylic acids is 1. The lowest BCUT2D eigenvalue weighted by molar-refractivity contribution is -0.139. The molecule has 0 atom stereocenters. The maximum Gasteiger partial charge on any atom is 0.417 e. The number of nitrogens with zero attached hydrogens (tertiary/aromatic N) is 1. The lowest BCUT2D eigenvalue weighted by atomic mass is 10.0. The number of hydrogen-bond acceptors (Lipinski definition) is 5. The number of hydrogen-bond donors (Lipinski definition) is 2. The van der Waals surface area contributed by atoms with Crippen molar-refractivity contribution < 1.29 is 39.9 Å². The first-order valence-corrected chi connectivity index (χ1v) is 14.8. The van der Waals surface area contributed by atoms with E-state index >= 15 is 0 Å². The Morgan fingerprint density at radius 1 is 0.923 bits per heavy atom. The van der Waals surface area contributed by atoms with E-state index in [1.807, 2.05) is 0 Å². The molecule has 3 aromatic rings. The molecule has 0 bridgehead atoms. The largest absolute Gasteiger partial charge is 0.478 e. The van der Waals surface area contributed by atoms with Gasteiger partial charge in [-0.2, -0.15) is 17.5 Å². The number of piperidine rings is 1. The van der Waals surface area contributed by atoms with Crippen molar-refractivity contribution in [1.82, 2.24) is 9.03 Å². The SMILES string of the molecule is O=C(O)c1cccc(S(=O)(=O)N2CCC(NS(=O)(=O)c3ccc(-c4cccc(Cl)c4)cc3C(F)(F)F)CC2)c1. The van der Waals surface area contributed by atoms with Crippen molar-refractivity contribution in [3.05, 3.63) is 82.9 Å².